The van der Waals surface area contributed by atoms with Gasteiger partial charge in [-0.05, 0) is 37.8 Å². The average Bonchev–Trinajstić information content (AvgIpc) is 3.17. The summed E-state index contributed by atoms with van der Waals surface area (Å²) >= 11 is 12.4. The normalized spacial score (nSPS) is 23.4. The molecule has 3 aliphatic rings. The molecule has 1 aromatic carbocycles. The van der Waals surface area contributed by atoms with Gasteiger partial charge in [0.1, 0.15) is 17.0 Å². The van der Waals surface area contributed by atoms with Gasteiger partial charge in [0, 0.05) is 19.2 Å². The van der Waals surface area contributed by atoms with Gasteiger partial charge in [0.2, 0.25) is 0 Å². The van der Waals surface area contributed by atoms with Crippen LogP contribution in [-0.2, 0) is 4.94 Å². The molecule has 126 valence electrons. The van der Waals surface area contributed by atoms with Crippen molar-refractivity contribution in [3.05, 3.63) is 58.5 Å². The molecule has 1 saturated heterocycles. The van der Waals surface area contributed by atoms with Crippen LogP contribution in [0.2, 0.25) is 5.02 Å². The van der Waals surface area contributed by atoms with E-state index in [9.17, 15) is 0 Å². The van der Waals surface area contributed by atoms with Crippen LogP contribution in [-0.4, -0.2) is 36.2 Å². The standard InChI is InChI=1S/C17H17Cl2N3O2/c1-20-8-7-14(11-20)23-16-9-12(5-6-15(16)18)21-10-13-3-2-4-17(19)22(13)24-21/h2-6,9-10,14H,7-8,11H2,1H3/t14-/m1/s1. The summed E-state index contributed by atoms with van der Waals surface area (Å²) in [5.41, 5.74) is 1.68. The zero-order valence-electron chi connectivity index (χ0n) is 13.2. The fraction of sp³-hybridized carbons (Fsp3) is 0.294. The molecular weight excluding hydrogens is 349 g/mol. The molecule has 0 aromatic heterocycles. The average molecular weight is 366 g/mol. The Balaban J connectivity index is 1.55. The Morgan fingerprint density at radius 1 is 1.29 bits per heavy atom. The third-order valence-electron chi connectivity index (χ3n) is 4.16. The third-order valence-corrected chi connectivity index (χ3v) is 4.75. The highest BCUT2D eigenvalue weighted by atomic mass is 35.5. The molecular formula is C17H17Cl2N3O2. The summed E-state index contributed by atoms with van der Waals surface area (Å²) in [5.74, 6) is 0.665. The number of hydrogen-bond donors (Lipinski definition) is 0. The molecule has 7 heteroatoms. The van der Waals surface area contributed by atoms with Crippen LogP contribution in [0.15, 0.2) is 53.5 Å². The molecule has 3 aliphatic heterocycles. The first-order chi connectivity index (χ1) is 11.6. The number of nitrogens with zero attached hydrogens (tertiary/aromatic N) is 3. The molecule has 4 rings (SSSR count). The fourth-order valence-corrected chi connectivity index (χ4v) is 3.27. The van der Waals surface area contributed by atoms with Crippen molar-refractivity contribution in [2.75, 3.05) is 25.2 Å². The minimum atomic E-state index is 0.159. The lowest BCUT2D eigenvalue weighted by molar-refractivity contribution is -0.0765. The summed E-state index contributed by atoms with van der Waals surface area (Å²) < 4.78 is 6.07. The molecule has 1 atom stereocenters. The Kier molecular flexibility index (Phi) is 4.18. The second kappa shape index (κ2) is 6.33. The van der Waals surface area contributed by atoms with E-state index in [0.717, 1.165) is 30.9 Å². The van der Waals surface area contributed by atoms with E-state index in [-0.39, 0.29) is 6.10 Å². The molecule has 0 aliphatic carbocycles. The Bertz CT molecular complexity index is 747. The topological polar surface area (TPSA) is 28.2 Å². The molecule has 0 saturated carbocycles. The minimum Gasteiger partial charge on any atom is -0.487 e. The number of anilines is 1. The molecule has 0 spiro atoms. The maximum absolute atomic E-state index is 6.30. The van der Waals surface area contributed by atoms with Crippen molar-refractivity contribution in [3.63, 3.8) is 0 Å². The highest BCUT2D eigenvalue weighted by Gasteiger charge is 2.27. The summed E-state index contributed by atoms with van der Waals surface area (Å²) in [6.45, 7) is 1.94. The number of hydrogen-bond acceptors (Lipinski definition) is 5. The van der Waals surface area contributed by atoms with Crippen LogP contribution >= 0.6 is 23.2 Å². The second-order valence-electron chi connectivity index (χ2n) is 6.01. The number of ether oxygens (including phenoxy) is 1. The zero-order valence-corrected chi connectivity index (χ0v) is 14.7. The first-order valence-electron chi connectivity index (χ1n) is 7.78. The Hall–Kier alpha value is -1.66. The summed E-state index contributed by atoms with van der Waals surface area (Å²) in [6, 6.07) is 5.58. The molecule has 0 N–H and O–H groups in total. The second-order valence-corrected chi connectivity index (χ2v) is 6.80. The van der Waals surface area contributed by atoms with Gasteiger partial charge in [-0.2, -0.15) is 5.06 Å². The highest BCUT2D eigenvalue weighted by Crippen LogP contribution is 2.36. The van der Waals surface area contributed by atoms with Crippen molar-refractivity contribution in [1.29, 1.82) is 0 Å². The van der Waals surface area contributed by atoms with E-state index in [1.54, 1.807) is 16.2 Å². The van der Waals surface area contributed by atoms with E-state index in [0.29, 0.717) is 15.9 Å². The van der Waals surface area contributed by atoms with Gasteiger partial charge in [0.25, 0.3) is 0 Å². The van der Waals surface area contributed by atoms with Gasteiger partial charge in [0.05, 0.1) is 22.6 Å². The number of halogens is 2. The highest BCUT2D eigenvalue weighted by molar-refractivity contribution is 6.32. The Labute approximate surface area is 150 Å². The van der Waals surface area contributed by atoms with E-state index in [4.69, 9.17) is 32.9 Å². The lowest BCUT2D eigenvalue weighted by Gasteiger charge is -2.22. The number of fused-ring (bicyclic) bond motifs is 1. The van der Waals surface area contributed by atoms with E-state index >= 15 is 0 Å². The Morgan fingerprint density at radius 3 is 2.92 bits per heavy atom. The minimum absolute atomic E-state index is 0.159. The van der Waals surface area contributed by atoms with E-state index in [2.05, 4.69) is 11.9 Å². The number of benzene rings is 1. The van der Waals surface area contributed by atoms with E-state index < -0.39 is 0 Å². The number of rotatable bonds is 3. The molecule has 24 heavy (non-hydrogen) atoms. The van der Waals surface area contributed by atoms with Crippen LogP contribution < -0.4 is 9.80 Å². The van der Waals surface area contributed by atoms with Crippen LogP contribution in [0.5, 0.6) is 5.75 Å². The predicted molar refractivity (Wildman–Crippen MR) is 94.5 cm³/mol. The molecule has 5 nitrogen and oxygen atoms in total. The largest absolute Gasteiger partial charge is 0.487 e. The van der Waals surface area contributed by atoms with Crippen LogP contribution in [0.4, 0.5) is 5.69 Å². The van der Waals surface area contributed by atoms with Gasteiger partial charge in [-0.3, -0.25) is 0 Å². The van der Waals surface area contributed by atoms with Crippen molar-refractivity contribution in [2.45, 2.75) is 12.5 Å². The molecule has 1 aromatic rings. The van der Waals surface area contributed by atoms with Crippen LogP contribution in [0, 0.1) is 0 Å². The maximum Gasteiger partial charge on any atom is 0.140 e. The molecule has 1 fully saturated rings. The SMILES string of the molecule is CN1CC[C@@H](Oc2cc(N3C=C4C=CC=C(Cl)N4O3)ccc2Cl)C1. The smallest absolute Gasteiger partial charge is 0.140 e. The summed E-state index contributed by atoms with van der Waals surface area (Å²) in [4.78, 5) is 8.01. The van der Waals surface area contributed by atoms with Crippen molar-refractivity contribution in [1.82, 2.24) is 9.96 Å². The lowest BCUT2D eigenvalue weighted by atomic mass is 10.2. The van der Waals surface area contributed by atoms with E-state index in [1.165, 1.54) is 0 Å². The molecule has 0 amide bonds. The summed E-state index contributed by atoms with van der Waals surface area (Å²) in [6.07, 6.45) is 8.60. The number of allylic oxidation sites excluding steroid dienone is 3. The summed E-state index contributed by atoms with van der Waals surface area (Å²) in [5, 5.41) is 4.30. The van der Waals surface area contributed by atoms with Gasteiger partial charge >= 0.3 is 0 Å². The first kappa shape index (κ1) is 15.8. The van der Waals surface area contributed by atoms with Gasteiger partial charge in [-0.15, -0.1) is 4.94 Å². The molecule has 3 heterocycles. The Morgan fingerprint density at radius 2 is 2.17 bits per heavy atom. The van der Waals surface area contributed by atoms with Crippen molar-refractivity contribution >= 4 is 28.9 Å². The van der Waals surface area contributed by atoms with Crippen LogP contribution in [0.25, 0.3) is 0 Å². The number of hydroxylamine groups is 3. The molecule has 0 radical (unpaired) electrons. The zero-order chi connectivity index (χ0) is 16.7. The monoisotopic (exact) mass is 365 g/mol. The van der Waals surface area contributed by atoms with Gasteiger partial charge < -0.3 is 9.64 Å². The van der Waals surface area contributed by atoms with Crippen molar-refractivity contribution < 1.29 is 9.68 Å². The molecule has 0 bridgehead atoms. The van der Waals surface area contributed by atoms with Crippen molar-refractivity contribution in [2.24, 2.45) is 0 Å². The lowest BCUT2D eigenvalue weighted by Crippen LogP contribution is -2.23. The quantitative estimate of drug-likeness (QED) is 0.757. The fourth-order valence-electron chi connectivity index (χ4n) is 2.91. The predicted octanol–water partition coefficient (Wildman–Crippen LogP) is 3.88. The first-order valence-corrected chi connectivity index (χ1v) is 8.53. The number of likely N-dealkylation sites (N-methyl/N-ethyl adjacent to an activating group) is 1. The maximum atomic E-state index is 6.30. The van der Waals surface area contributed by atoms with Crippen LogP contribution in [0.3, 0.4) is 0 Å². The van der Waals surface area contributed by atoms with Crippen LogP contribution in [0.1, 0.15) is 6.42 Å². The van der Waals surface area contributed by atoms with Crippen molar-refractivity contribution in [3.8, 4) is 5.75 Å². The van der Waals surface area contributed by atoms with E-state index in [1.807, 2.05) is 36.6 Å². The number of likely N-dealkylation sites (tertiary alicyclic amines) is 1. The third kappa shape index (κ3) is 3.00. The molecule has 0 unspecified atom stereocenters. The van der Waals surface area contributed by atoms with Gasteiger partial charge in [-0.25, -0.2) is 5.06 Å². The summed E-state index contributed by atoms with van der Waals surface area (Å²) in [7, 11) is 2.09. The van der Waals surface area contributed by atoms with Gasteiger partial charge in [-0.1, -0.05) is 29.3 Å². The van der Waals surface area contributed by atoms with Gasteiger partial charge in [0.15, 0.2) is 0 Å².